The van der Waals surface area contributed by atoms with E-state index >= 15 is 0 Å². The molecule has 0 saturated carbocycles. The Morgan fingerprint density at radius 3 is 2.78 bits per heavy atom. The van der Waals surface area contributed by atoms with E-state index in [-0.39, 0.29) is 29.5 Å². The van der Waals surface area contributed by atoms with Gasteiger partial charge >= 0.3 is 0 Å². The monoisotopic (exact) mass is 363 g/mol. The summed E-state index contributed by atoms with van der Waals surface area (Å²) in [5.41, 5.74) is 2.66. The van der Waals surface area contributed by atoms with Crippen molar-refractivity contribution in [2.75, 3.05) is 0 Å². The molecule has 0 aliphatic rings. The van der Waals surface area contributed by atoms with Gasteiger partial charge in [-0.1, -0.05) is 18.2 Å². The van der Waals surface area contributed by atoms with Crippen molar-refractivity contribution < 1.29 is 9.21 Å². The van der Waals surface area contributed by atoms with Crippen molar-refractivity contribution in [2.45, 2.75) is 39.7 Å². The summed E-state index contributed by atoms with van der Waals surface area (Å²) in [4.78, 5) is 26.8. The van der Waals surface area contributed by atoms with E-state index in [1.807, 2.05) is 43.3 Å². The topological polar surface area (TPSA) is 98.9 Å². The van der Waals surface area contributed by atoms with Crippen LogP contribution >= 0.6 is 0 Å². The fourth-order valence-electron chi connectivity index (χ4n) is 3.26. The van der Waals surface area contributed by atoms with Crippen LogP contribution in [-0.4, -0.2) is 10.9 Å². The number of para-hydroxylation sites is 1. The van der Waals surface area contributed by atoms with Crippen molar-refractivity contribution in [3.63, 3.8) is 0 Å². The zero-order chi connectivity index (χ0) is 19.6. The highest BCUT2D eigenvalue weighted by Gasteiger charge is 2.16. The molecule has 2 aromatic heterocycles. The van der Waals surface area contributed by atoms with Crippen molar-refractivity contribution in [3.05, 3.63) is 68.8 Å². The summed E-state index contributed by atoms with van der Waals surface area (Å²) in [6, 6.07) is 11.3. The van der Waals surface area contributed by atoms with Crippen molar-refractivity contribution in [3.8, 4) is 6.07 Å². The number of aromatic amines is 1. The van der Waals surface area contributed by atoms with E-state index in [9.17, 15) is 9.59 Å². The molecule has 0 unspecified atom stereocenters. The first kappa shape index (κ1) is 18.5. The fourth-order valence-corrected chi connectivity index (χ4v) is 3.26. The van der Waals surface area contributed by atoms with Crippen LogP contribution in [0.4, 0.5) is 0 Å². The summed E-state index contributed by atoms with van der Waals surface area (Å²) in [6.07, 6.45) is 0.699. The van der Waals surface area contributed by atoms with Gasteiger partial charge in [-0.3, -0.25) is 9.59 Å². The molecule has 138 valence electrons. The molecular weight excluding hydrogens is 342 g/mol. The van der Waals surface area contributed by atoms with E-state index in [2.05, 4.69) is 10.3 Å². The molecule has 0 aliphatic heterocycles. The first-order chi connectivity index (χ1) is 12.9. The zero-order valence-electron chi connectivity index (χ0n) is 15.6. The van der Waals surface area contributed by atoms with E-state index in [4.69, 9.17) is 9.68 Å². The minimum absolute atomic E-state index is 0.103. The Balaban J connectivity index is 1.68. The van der Waals surface area contributed by atoms with Crippen LogP contribution < -0.4 is 10.9 Å². The zero-order valence-corrected chi connectivity index (χ0v) is 15.6. The number of aryl methyl sites for hydroxylation is 1. The van der Waals surface area contributed by atoms with Crippen LogP contribution in [-0.2, 0) is 11.2 Å². The number of benzene rings is 1. The normalized spacial score (nSPS) is 11.9. The third-order valence-corrected chi connectivity index (χ3v) is 4.77. The first-order valence-corrected chi connectivity index (χ1v) is 8.81. The summed E-state index contributed by atoms with van der Waals surface area (Å²) in [5, 5.41) is 13.1. The maximum absolute atomic E-state index is 12.4. The number of pyridine rings is 1. The maximum Gasteiger partial charge on any atom is 0.266 e. The van der Waals surface area contributed by atoms with Gasteiger partial charge in [0.1, 0.15) is 23.0 Å². The molecule has 1 aromatic carbocycles. The van der Waals surface area contributed by atoms with Gasteiger partial charge in [0, 0.05) is 17.5 Å². The van der Waals surface area contributed by atoms with E-state index in [1.54, 1.807) is 13.8 Å². The summed E-state index contributed by atoms with van der Waals surface area (Å²) in [6.45, 7) is 5.39. The quantitative estimate of drug-likeness (QED) is 0.725. The third kappa shape index (κ3) is 3.77. The fraction of sp³-hybridized carbons (Fsp3) is 0.286. The van der Waals surface area contributed by atoms with Crippen molar-refractivity contribution >= 4 is 16.9 Å². The molecule has 0 aliphatic carbocycles. The standard InChI is InChI=1S/C21H21N3O3/c1-12-16(13(2)24-21(26)17(12)11-22)8-9-20(25)23-14(3)19-10-15-6-4-5-7-18(15)27-19/h4-7,10,14H,8-9H2,1-3H3,(H,23,25)(H,24,26)/t14-/m1/s1. The van der Waals surface area contributed by atoms with Crippen LogP contribution in [0, 0.1) is 25.2 Å². The molecule has 1 atom stereocenters. The number of rotatable bonds is 5. The number of hydrogen-bond donors (Lipinski definition) is 2. The van der Waals surface area contributed by atoms with Gasteiger partial charge in [0.05, 0.1) is 6.04 Å². The molecule has 2 N–H and O–H groups in total. The smallest absolute Gasteiger partial charge is 0.266 e. The lowest BCUT2D eigenvalue weighted by Gasteiger charge is -2.13. The highest BCUT2D eigenvalue weighted by atomic mass is 16.3. The molecule has 0 fully saturated rings. The van der Waals surface area contributed by atoms with Crippen LogP contribution in [0.15, 0.2) is 39.5 Å². The predicted octanol–water partition coefficient (Wildman–Crippen LogP) is 3.42. The lowest BCUT2D eigenvalue weighted by atomic mass is 9.99. The van der Waals surface area contributed by atoms with Gasteiger partial charge in [0.15, 0.2) is 0 Å². The van der Waals surface area contributed by atoms with Gasteiger partial charge in [-0.25, -0.2) is 0 Å². The molecule has 2 heterocycles. The predicted molar refractivity (Wildman–Crippen MR) is 102 cm³/mol. The number of hydrogen-bond acceptors (Lipinski definition) is 4. The van der Waals surface area contributed by atoms with Crippen LogP contribution in [0.3, 0.4) is 0 Å². The van der Waals surface area contributed by atoms with Crippen LogP contribution in [0.2, 0.25) is 0 Å². The van der Waals surface area contributed by atoms with Gasteiger partial charge in [-0.15, -0.1) is 0 Å². The highest BCUT2D eigenvalue weighted by Crippen LogP contribution is 2.23. The minimum Gasteiger partial charge on any atom is -0.459 e. The highest BCUT2D eigenvalue weighted by molar-refractivity contribution is 5.79. The number of nitrogens with one attached hydrogen (secondary N) is 2. The Kier molecular flexibility index (Phi) is 5.13. The number of nitrogens with zero attached hydrogens (tertiary/aromatic N) is 1. The number of carbonyl (C=O) groups is 1. The minimum atomic E-state index is -0.390. The van der Waals surface area contributed by atoms with Gasteiger partial charge in [0.2, 0.25) is 5.91 Å². The Morgan fingerprint density at radius 2 is 2.07 bits per heavy atom. The summed E-state index contributed by atoms with van der Waals surface area (Å²) in [5.74, 6) is 0.583. The summed E-state index contributed by atoms with van der Waals surface area (Å²) < 4.78 is 5.78. The second-order valence-electron chi connectivity index (χ2n) is 6.65. The Labute approximate surface area is 156 Å². The van der Waals surface area contributed by atoms with Crippen LogP contribution in [0.5, 0.6) is 0 Å². The maximum atomic E-state index is 12.4. The lowest BCUT2D eigenvalue weighted by Crippen LogP contribution is -2.27. The Morgan fingerprint density at radius 1 is 1.33 bits per heavy atom. The number of H-pyrrole nitrogens is 1. The summed E-state index contributed by atoms with van der Waals surface area (Å²) in [7, 11) is 0. The molecule has 6 nitrogen and oxygen atoms in total. The molecule has 6 heteroatoms. The molecule has 0 saturated heterocycles. The molecule has 0 radical (unpaired) electrons. The van der Waals surface area contributed by atoms with E-state index < -0.39 is 0 Å². The van der Waals surface area contributed by atoms with E-state index in [1.165, 1.54) is 0 Å². The Hall–Kier alpha value is -3.33. The second-order valence-corrected chi connectivity index (χ2v) is 6.65. The number of aromatic nitrogens is 1. The molecule has 3 aromatic rings. The third-order valence-electron chi connectivity index (χ3n) is 4.77. The molecule has 0 bridgehead atoms. The van der Waals surface area contributed by atoms with E-state index in [0.29, 0.717) is 23.4 Å². The molecule has 1 amide bonds. The number of fused-ring (bicyclic) bond motifs is 1. The van der Waals surface area contributed by atoms with Gasteiger partial charge in [-0.05, 0) is 50.5 Å². The molecule has 27 heavy (non-hydrogen) atoms. The summed E-state index contributed by atoms with van der Waals surface area (Å²) >= 11 is 0. The number of furan rings is 1. The Bertz CT molecular complexity index is 1070. The molecule has 0 spiro atoms. The number of carbonyl (C=O) groups excluding carboxylic acids is 1. The van der Waals surface area contributed by atoms with Crippen LogP contribution in [0.1, 0.15) is 47.5 Å². The van der Waals surface area contributed by atoms with Gasteiger partial charge < -0.3 is 14.7 Å². The van der Waals surface area contributed by atoms with Crippen molar-refractivity contribution in [2.24, 2.45) is 0 Å². The largest absolute Gasteiger partial charge is 0.459 e. The SMILES string of the molecule is Cc1[nH]c(=O)c(C#N)c(C)c1CCC(=O)N[C@H](C)c1cc2ccccc2o1. The van der Waals surface area contributed by atoms with Gasteiger partial charge in [0.25, 0.3) is 5.56 Å². The molecular formula is C21H21N3O3. The lowest BCUT2D eigenvalue weighted by molar-refractivity contribution is -0.121. The van der Waals surface area contributed by atoms with Crippen LogP contribution in [0.25, 0.3) is 11.0 Å². The average molecular weight is 363 g/mol. The van der Waals surface area contributed by atoms with E-state index in [0.717, 1.165) is 16.5 Å². The number of amides is 1. The number of nitriles is 1. The second kappa shape index (κ2) is 7.50. The molecule has 3 rings (SSSR count). The first-order valence-electron chi connectivity index (χ1n) is 8.81. The van der Waals surface area contributed by atoms with Crippen molar-refractivity contribution in [1.82, 2.24) is 10.3 Å². The van der Waals surface area contributed by atoms with Gasteiger partial charge in [-0.2, -0.15) is 5.26 Å². The van der Waals surface area contributed by atoms with Crippen molar-refractivity contribution in [1.29, 1.82) is 5.26 Å². The average Bonchev–Trinajstić information content (AvgIpc) is 3.06.